The molecule has 23 heavy (non-hydrogen) atoms. The Balaban J connectivity index is 0.00000192. The molecule has 1 amide bonds. The van der Waals surface area contributed by atoms with Crippen molar-refractivity contribution in [2.45, 2.75) is 65.5 Å². The number of carbonyl (C=O) groups excluding carboxylic acids is 1. The minimum Gasteiger partial charge on any atom is -0.390 e. The average Bonchev–Trinajstić information content (AvgIpc) is 2.63. The van der Waals surface area contributed by atoms with Gasteiger partial charge >= 0.3 is 0 Å². The quantitative estimate of drug-likeness (QED) is 0.907. The van der Waals surface area contributed by atoms with Gasteiger partial charge in [-0.05, 0) is 52.2 Å². The van der Waals surface area contributed by atoms with E-state index in [9.17, 15) is 9.90 Å². The van der Waals surface area contributed by atoms with Crippen LogP contribution in [0.2, 0.25) is 0 Å². The molecule has 126 valence electrons. The van der Waals surface area contributed by atoms with Gasteiger partial charge in [0.05, 0.1) is 12.0 Å². The van der Waals surface area contributed by atoms with Gasteiger partial charge in [0.2, 0.25) is 11.9 Å². The number of hydrogen-bond donors (Lipinski definition) is 2. The molecule has 0 bridgehead atoms. The zero-order chi connectivity index (χ0) is 15.9. The second-order valence-corrected chi connectivity index (χ2v) is 6.72. The first-order valence-electron chi connectivity index (χ1n) is 7.71. The largest absolute Gasteiger partial charge is 0.390 e. The first-order chi connectivity index (χ1) is 10.3. The van der Waals surface area contributed by atoms with Crippen molar-refractivity contribution < 1.29 is 9.90 Å². The number of nitrogens with zero attached hydrogens (tertiary/aromatic N) is 3. The molecule has 6 nitrogen and oxygen atoms in total. The van der Waals surface area contributed by atoms with E-state index in [-0.39, 0.29) is 19.8 Å². The highest BCUT2D eigenvalue weighted by molar-refractivity contribution is 5.91. The van der Waals surface area contributed by atoms with E-state index in [0.29, 0.717) is 12.0 Å². The monoisotopic (exact) mass is 318 g/mol. The molecule has 0 aliphatic heterocycles. The number of fused-ring (bicyclic) bond motifs is 1. The van der Waals surface area contributed by atoms with Crippen LogP contribution in [0.5, 0.6) is 0 Å². The second kappa shape index (κ2) is 6.28. The van der Waals surface area contributed by atoms with Crippen LogP contribution >= 0.6 is 0 Å². The molecule has 1 fully saturated rings. The maximum Gasteiger partial charge on any atom is 0.229 e. The SMILES string of the molecule is C.Cc1ccc2nc(NC(=O)CC(C)(C)O)n(C3CCC3)c2n1. The standard InChI is InChI=1S/C16H22N4O2.CH4/c1-10-7-8-12-14(17-10)20(11-5-4-6-11)15(18-12)19-13(21)9-16(2,3)22;/h7-8,11,22H,4-6,9H2,1-3H3,(H,18,19,21);1H4. The molecule has 0 aromatic carbocycles. The van der Waals surface area contributed by atoms with Crippen LogP contribution in [-0.2, 0) is 4.79 Å². The molecule has 1 aliphatic rings. The van der Waals surface area contributed by atoms with Crippen molar-refractivity contribution >= 4 is 23.0 Å². The summed E-state index contributed by atoms with van der Waals surface area (Å²) in [4.78, 5) is 21.2. The van der Waals surface area contributed by atoms with Crippen LogP contribution in [-0.4, -0.2) is 31.1 Å². The topological polar surface area (TPSA) is 80.0 Å². The van der Waals surface area contributed by atoms with E-state index in [1.807, 2.05) is 23.6 Å². The summed E-state index contributed by atoms with van der Waals surface area (Å²) < 4.78 is 2.04. The Kier molecular flexibility index (Phi) is 4.75. The van der Waals surface area contributed by atoms with Gasteiger partial charge in [-0.3, -0.25) is 14.7 Å². The number of imidazole rings is 1. The molecule has 0 spiro atoms. The number of aliphatic hydroxyl groups is 1. The van der Waals surface area contributed by atoms with Gasteiger partial charge in [0.25, 0.3) is 0 Å². The van der Waals surface area contributed by atoms with E-state index < -0.39 is 5.60 Å². The minimum atomic E-state index is -1.04. The first kappa shape index (κ1) is 17.4. The maximum atomic E-state index is 12.1. The summed E-state index contributed by atoms with van der Waals surface area (Å²) in [6, 6.07) is 4.19. The Morgan fingerprint density at radius 2 is 2.09 bits per heavy atom. The van der Waals surface area contributed by atoms with Gasteiger partial charge < -0.3 is 5.11 Å². The van der Waals surface area contributed by atoms with Gasteiger partial charge in [0, 0.05) is 11.7 Å². The van der Waals surface area contributed by atoms with Gasteiger partial charge in [-0.25, -0.2) is 9.97 Å². The molecule has 2 aromatic rings. The molecule has 0 atom stereocenters. The molecule has 1 aliphatic carbocycles. The third-order valence-electron chi connectivity index (χ3n) is 3.96. The van der Waals surface area contributed by atoms with Crippen molar-refractivity contribution in [1.82, 2.24) is 14.5 Å². The molecule has 2 N–H and O–H groups in total. The van der Waals surface area contributed by atoms with Gasteiger partial charge in [-0.2, -0.15) is 0 Å². The summed E-state index contributed by atoms with van der Waals surface area (Å²) >= 11 is 0. The third kappa shape index (κ3) is 3.69. The number of carbonyl (C=O) groups is 1. The number of aromatic nitrogens is 3. The molecule has 0 unspecified atom stereocenters. The van der Waals surface area contributed by atoms with Gasteiger partial charge in [-0.15, -0.1) is 0 Å². The third-order valence-corrected chi connectivity index (χ3v) is 3.96. The fourth-order valence-electron chi connectivity index (χ4n) is 2.71. The Hall–Kier alpha value is -1.95. The summed E-state index contributed by atoms with van der Waals surface area (Å²) in [5.41, 5.74) is 1.51. The fraction of sp³-hybridized carbons (Fsp3) is 0.588. The van der Waals surface area contributed by atoms with Crippen LogP contribution in [0.25, 0.3) is 11.2 Å². The predicted molar refractivity (Wildman–Crippen MR) is 91.4 cm³/mol. The first-order valence-corrected chi connectivity index (χ1v) is 7.71. The second-order valence-electron chi connectivity index (χ2n) is 6.72. The number of anilines is 1. The van der Waals surface area contributed by atoms with Crippen molar-refractivity contribution in [3.63, 3.8) is 0 Å². The molecule has 1 saturated carbocycles. The Morgan fingerprint density at radius 3 is 2.65 bits per heavy atom. The van der Waals surface area contributed by atoms with Gasteiger partial charge in [0.15, 0.2) is 5.65 Å². The van der Waals surface area contributed by atoms with Crippen molar-refractivity contribution in [3.05, 3.63) is 17.8 Å². The number of hydrogen-bond acceptors (Lipinski definition) is 4. The van der Waals surface area contributed by atoms with E-state index in [0.717, 1.165) is 29.7 Å². The molecular weight excluding hydrogens is 292 g/mol. The smallest absolute Gasteiger partial charge is 0.229 e. The Morgan fingerprint density at radius 1 is 1.39 bits per heavy atom. The Labute approximate surface area is 136 Å². The molecular formula is C17H26N4O2. The molecule has 2 heterocycles. The number of pyridine rings is 1. The average molecular weight is 318 g/mol. The van der Waals surface area contributed by atoms with Gasteiger partial charge in [0.1, 0.15) is 5.52 Å². The van der Waals surface area contributed by atoms with E-state index >= 15 is 0 Å². The van der Waals surface area contributed by atoms with Crippen LogP contribution in [0.15, 0.2) is 12.1 Å². The molecule has 0 radical (unpaired) electrons. The summed E-state index contributed by atoms with van der Waals surface area (Å²) in [6.45, 7) is 5.18. The zero-order valence-corrected chi connectivity index (χ0v) is 13.3. The predicted octanol–water partition coefficient (Wildman–Crippen LogP) is 3.20. The lowest BCUT2D eigenvalue weighted by Crippen LogP contribution is -2.29. The van der Waals surface area contributed by atoms with E-state index in [1.165, 1.54) is 6.42 Å². The summed E-state index contributed by atoms with van der Waals surface area (Å²) in [7, 11) is 0. The van der Waals surface area contributed by atoms with Crippen LogP contribution in [0.3, 0.4) is 0 Å². The highest BCUT2D eigenvalue weighted by Gasteiger charge is 2.27. The summed E-state index contributed by atoms with van der Waals surface area (Å²) in [5.74, 6) is 0.298. The lowest BCUT2D eigenvalue weighted by molar-refractivity contribution is -0.119. The lowest BCUT2D eigenvalue weighted by atomic mass is 9.93. The maximum absolute atomic E-state index is 12.1. The normalized spacial score (nSPS) is 15.1. The number of rotatable bonds is 4. The van der Waals surface area contributed by atoms with Crippen molar-refractivity contribution in [2.24, 2.45) is 0 Å². The molecule has 2 aromatic heterocycles. The fourth-order valence-corrected chi connectivity index (χ4v) is 2.71. The minimum absolute atomic E-state index is 0. The van der Waals surface area contributed by atoms with Crippen LogP contribution in [0.1, 0.15) is 58.7 Å². The van der Waals surface area contributed by atoms with E-state index in [1.54, 1.807) is 13.8 Å². The van der Waals surface area contributed by atoms with Crippen molar-refractivity contribution in [1.29, 1.82) is 0 Å². The molecule has 6 heteroatoms. The highest BCUT2D eigenvalue weighted by Crippen LogP contribution is 2.36. The van der Waals surface area contributed by atoms with Crippen molar-refractivity contribution in [3.8, 4) is 0 Å². The van der Waals surface area contributed by atoms with E-state index in [4.69, 9.17) is 0 Å². The molecule has 0 saturated heterocycles. The van der Waals surface area contributed by atoms with Gasteiger partial charge in [-0.1, -0.05) is 7.43 Å². The Bertz CT molecular complexity index is 711. The van der Waals surface area contributed by atoms with Crippen molar-refractivity contribution in [2.75, 3.05) is 5.32 Å². The van der Waals surface area contributed by atoms with Crippen LogP contribution in [0, 0.1) is 6.92 Å². The number of aryl methyl sites for hydroxylation is 1. The summed E-state index contributed by atoms with van der Waals surface area (Å²) in [6.07, 6.45) is 3.38. The van der Waals surface area contributed by atoms with E-state index in [2.05, 4.69) is 15.3 Å². The van der Waals surface area contributed by atoms with Crippen LogP contribution < -0.4 is 5.32 Å². The lowest BCUT2D eigenvalue weighted by Gasteiger charge is -2.28. The number of amides is 1. The van der Waals surface area contributed by atoms with Crippen LogP contribution in [0.4, 0.5) is 5.95 Å². The molecule has 3 rings (SSSR count). The zero-order valence-electron chi connectivity index (χ0n) is 13.3. The highest BCUT2D eigenvalue weighted by atomic mass is 16.3. The summed E-state index contributed by atoms with van der Waals surface area (Å²) in [5, 5.41) is 12.6. The number of nitrogens with one attached hydrogen (secondary N) is 1.